The van der Waals surface area contributed by atoms with E-state index in [1.54, 1.807) is 37.3 Å². The van der Waals surface area contributed by atoms with E-state index in [1.807, 2.05) is 0 Å². The number of likely N-dealkylation sites (tertiary alicyclic amines) is 1. The highest BCUT2D eigenvalue weighted by molar-refractivity contribution is 5.84. The van der Waals surface area contributed by atoms with Crippen LogP contribution in [-0.4, -0.2) is 48.8 Å². The van der Waals surface area contributed by atoms with Gasteiger partial charge in [0.05, 0.1) is 25.0 Å². The van der Waals surface area contributed by atoms with E-state index in [9.17, 15) is 22.8 Å². The van der Waals surface area contributed by atoms with Gasteiger partial charge in [-0.15, -0.1) is 0 Å². The average molecular weight is 373 g/mol. The van der Waals surface area contributed by atoms with Gasteiger partial charge in [0.25, 0.3) is 0 Å². The van der Waals surface area contributed by atoms with Crippen molar-refractivity contribution in [2.75, 3.05) is 19.8 Å². The quantitative estimate of drug-likeness (QED) is 0.718. The standard InChI is InChI=1S/C18H22F3NO4/c1-3-25-16(23)13-11-22(10-12-8-6-5-7-9-12)15(18(19,20)21)14(13)17(24)26-4-2/h5-9,13-15H,3-4,10-11H2,1-2H3. The van der Waals surface area contributed by atoms with E-state index in [1.165, 1.54) is 6.92 Å². The lowest BCUT2D eigenvalue weighted by Gasteiger charge is -2.29. The molecule has 0 N–H and O–H groups in total. The Bertz CT molecular complexity index is 621. The van der Waals surface area contributed by atoms with Crippen molar-refractivity contribution in [2.24, 2.45) is 11.8 Å². The highest BCUT2D eigenvalue weighted by atomic mass is 19.4. The Hall–Kier alpha value is -2.09. The Morgan fingerprint density at radius 1 is 1.08 bits per heavy atom. The molecule has 0 bridgehead atoms. The van der Waals surface area contributed by atoms with Gasteiger partial charge in [0.1, 0.15) is 6.04 Å². The van der Waals surface area contributed by atoms with Crippen LogP contribution in [0.15, 0.2) is 30.3 Å². The molecule has 1 heterocycles. The van der Waals surface area contributed by atoms with Gasteiger partial charge >= 0.3 is 18.1 Å². The summed E-state index contributed by atoms with van der Waals surface area (Å²) >= 11 is 0. The van der Waals surface area contributed by atoms with Crippen LogP contribution in [0.25, 0.3) is 0 Å². The van der Waals surface area contributed by atoms with Crippen molar-refractivity contribution in [1.82, 2.24) is 4.90 Å². The predicted molar refractivity (Wildman–Crippen MR) is 86.9 cm³/mol. The lowest BCUT2D eigenvalue weighted by Crippen LogP contribution is -2.47. The number of carbonyl (C=O) groups is 2. The number of nitrogens with zero attached hydrogens (tertiary/aromatic N) is 1. The Morgan fingerprint density at radius 3 is 2.19 bits per heavy atom. The Morgan fingerprint density at radius 2 is 1.65 bits per heavy atom. The Kier molecular flexibility index (Phi) is 6.63. The van der Waals surface area contributed by atoms with Crippen LogP contribution in [0.2, 0.25) is 0 Å². The van der Waals surface area contributed by atoms with Crippen molar-refractivity contribution in [3.05, 3.63) is 35.9 Å². The second kappa shape index (κ2) is 8.53. The molecule has 3 atom stereocenters. The van der Waals surface area contributed by atoms with Gasteiger partial charge in [-0.05, 0) is 19.4 Å². The van der Waals surface area contributed by atoms with Crippen molar-refractivity contribution in [3.63, 3.8) is 0 Å². The maximum absolute atomic E-state index is 13.8. The van der Waals surface area contributed by atoms with E-state index in [2.05, 4.69) is 0 Å². The van der Waals surface area contributed by atoms with Gasteiger partial charge in [-0.3, -0.25) is 14.5 Å². The second-order valence-corrected chi connectivity index (χ2v) is 6.04. The van der Waals surface area contributed by atoms with Gasteiger partial charge in [0.2, 0.25) is 0 Å². The minimum absolute atomic E-state index is 0.0280. The van der Waals surface area contributed by atoms with Gasteiger partial charge in [0, 0.05) is 13.1 Å². The monoisotopic (exact) mass is 373 g/mol. The molecule has 1 aliphatic rings. The first-order valence-corrected chi connectivity index (χ1v) is 8.47. The molecule has 144 valence electrons. The fourth-order valence-electron chi connectivity index (χ4n) is 3.32. The van der Waals surface area contributed by atoms with Crippen molar-refractivity contribution in [3.8, 4) is 0 Å². The smallest absolute Gasteiger partial charge is 0.404 e. The first kappa shape index (κ1) is 20.2. The molecule has 0 spiro atoms. The number of esters is 2. The third-order valence-electron chi connectivity index (χ3n) is 4.31. The molecule has 1 fully saturated rings. The molecule has 5 nitrogen and oxygen atoms in total. The van der Waals surface area contributed by atoms with Crippen molar-refractivity contribution >= 4 is 11.9 Å². The molecule has 1 aromatic carbocycles. The maximum Gasteiger partial charge on any atom is 0.404 e. The summed E-state index contributed by atoms with van der Waals surface area (Å²) in [6, 6.07) is 6.50. The average Bonchev–Trinajstić information content (AvgIpc) is 2.96. The molecule has 1 aliphatic heterocycles. The van der Waals surface area contributed by atoms with E-state index in [-0.39, 0.29) is 26.3 Å². The highest BCUT2D eigenvalue weighted by Gasteiger charge is 2.60. The topological polar surface area (TPSA) is 55.8 Å². The molecular formula is C18H22F3NO4. The van der Waals surface area contributed by atoms with Crippen LogP contribution < -0.4 is 0 Å². The van der Waals surface area contributed by atoms with E-state index in [0.717, 1.165) is 4.90 Å². The third-order valence-corrected chi connectivity index (χ3v) is 4.31. The third kappa shape index (κ3) is 4.55. The van der Waals surface area contributed by atoms with Crippen LogP contribution in [0.5, 0.6) is 0 Å². The minimum Gasteiger partial charge on any atom is -0.466 e. The van der Waals surface area contributed by atoms with Gasteiger partial charge in [-0.2, -0.15) is 13.2 Å². The summed E-state index contributed by atoms with van der Waals surface area (Å²) in [7, 11) is 0. The summed E-state index contributed by atoms with van der Waals surface area (Å²) in [5.74, 6) is -4.69. The largest absolute Gasteiger partial charge is 0.466 e. The molecule has 26 heavy (non-hydrogen) atoms. The van der Waals surface area contributed by atoms with Crippen LogP contribution in [0.3, 0.4) is 0 Å². The summed E-state index contributed by atoms with van der Waals surface area (Å²) in [5, 5.41) is 0. The molecule has 8 heteroatoms. The van der Waals surface area contributed by atoms with Gasteiger partial charge in [-0.1, -0.05) is 30.3 Å². The number of hydrogen-bond acceptors (Lipinski definition) is 5. The summed E-state index contributed by atoms with van der Waals surface area (Å²) in [6.45, 7) is 2.79. The van der Waals surface area contributed by atoms with Gasteiger partial charge < -0.3 is 9.47 Å². The van der Waals surface area contributed by atoms with Crippen LogP contribution >= 0.6 is 0 Å². The predicted octanol–water partition coefficient (Wildman–Crippen LogP) is 2.79. The van der Waals surface area contributed by atoms with E-state index in [4.69, 9.17) is 9.47 Å². The maximum atomic E-state index is 13.8. The van der Waals surface area contributed by atoms with E-state index in [0.29, 0.717) is 5.56 Å². The van der Waals surface area contributed by atoms with Gasteiger partial charge in [-0.25, -0.2) is 0 Å². The summed E-state index contributed by atoms with van der Waals surface area (Å²) < 4.78 is 51.1. The zero-order valence-electron chi connectivity index (χ0n) is 14.7. The zero-order chi connectivity index (χ0) is 19.3. The normalized spacial score (nSPS) is 23.7. The van der Waals surface area contributed by atoms with Crippen molar-refractivity contribution in [1.29, 1.82) is 0 Å². The number of rotatable bonds is 6. The first-order chi connectivity index (χ1) is 12.3. The number of halogens is 3. The summed E-state index contributed by atoms with van der Waals surface area (Å²) in [5.41, 5.74) is 0.661. The second-order valence-electron chi connectivity index (χ2n) is 6.04. The number of benzene rings is 1. The highest BCUT2D eigenvalue weighted by Crippen LogP contribution is 2.41. The van der Waals surface area contributed by atoms with Crippen LogP contribution in [0.4, 0.5) is 13.2 Å². The number of carbonyl (C=O) groups excluding carboxylic acids is 2. The SMILES string of the molecule is CCOC(=O)C1CN(Cc2ccccc2)C(C(F)(F)F)C1C(=O)OCC. The Balaban J connectivity index is 2.37. The fraction of sp³-hybridized carbons (Fsp3) is 0.556. The molecule has 0 aromatic heterocycles. The summed E-state index contributed by atoms with van der Waals surface area (Å²) in [6.07, 6.45) is -4.69. The first-order valence-electron chi connectivity index (χ1n) is 8.47. The zero-order valence-corrected chi connectivity index (χ0v) is 14.7. The minimum atomic E-state index is -4.69. The molecule has 1 saturated heterocycles. The molecule has 0 aliphatic carbocycles. The lowest BCUT2D eigenvalue weighted by molar-refractivity contribution is -0.196. The van der Waals surface area contributed by atoms with Crippen LogP contribution in [-0.2, 0) is 25.6 Å². The molecule has 0 saturated carbocycles. The lowest BCUT2D eigenvalue weighted by atomic mass is 9.90. The fourth-order valence-corrected chi connectivity index (χ4v) is 3.32. The molecule has 2 rings (SSSR count). The number of alkyl halides is 3. The van der Waals surface area contributed by atoms with Crippen molar-refractivity contribution < 1.29 is 32.2 Å². The van der Waals surface area contributed by atoms with Crippen molar-refractivity contribution in [2.45, 2.75) is 32.6 Å². The summed E-state index contributed by atoms with van der Waals surface area (Å²) in [4.78, 5) is 25.6. The molecule has 0 radical (unpaired) electrons. The Labute approximate surface area is 150 Å². The molecule has 1 aromatic rings. The molecule has 0 amide bonds. The number of ether oxygens (including phenoxy) is 2. The van der Waals surface area contributed by atoms with Gasteiger partial charge in [0.15, 0.2) is 0 Å². The molecule has 3 unspecified atom stereocenters. The van der Waals surface area contributed by atoms with Crippen LogP contribution in [0, 0.1) is 11.8 Å². The van der Waals surface area contributed by atoms with E-state index >= 15 is 0 Å². The van der Waals surface area contributed by atoms with Crippen LogP contribution in [0.1, 0.15) is 19.4 Å². The molecular weight excluding hydrogens is 351 g/mol. The number of hydrogen-bond donors (Lipinski definition) is 0. The van der Waals surface area contributed by atoms with E-state index < -0.39 is 36.0 Å².